The highest BCUT2D eigenvalue weighted by molar-refractivity contribution is 5.56. The molecule has 1 saturated carbocycles. The first-order chi connectivity index (χ1) is 7.16. The standard InChI is InChI=1S/C10H13N3O2/c1-7-2-5-9(13(14)15)10(12-7)11-6-8-3-4-8/h2,5,8H,3-4,6H2,1H3,(H,11,12). The quantitative estimate of drug-likeness (QED) is 0.606. The van der Waals surface area contributed by atoms with Gasteiger partial charge in [0, 0.05) is 18.3 Å². The maximum absolute atomic E-state index is 10.7. The fourth-order valence-corrected chi connectivity index (χ4v) is 1.39. The van der Waals surface area contributed by atoms with Crippen LogP contribution in [0.25, 0.3) is 0 Å². The summed E-state index contributed by atoms with van der Waals surface area (Å²) in [4.78, 5) is 14.5. The van der Waals surface area contributed by atoms with Gasteiger partial charge in [0.25, 0.3) is 0 Å². The van der Waals surface area contributed by atoms with Gasteiger partial charge in [-0.3, -0.25) is 10.1 Å². The second-order valence-electron chi connectivity index (χ2n) is 3.90. The molecule has 0 atom stereocenters. The zero-order valence-corrected chi connectivity index (χ0v) is 8.56. The van der Waals surface area contributed by atoms with Crippen molar-refractivity contribution in [2.45, 2.75) is 19.8 Å². The van der Waals surface area contributed by atoms with Gasteiger partial charge >= 0.3 is 5.69 Å². The molecule has 5 heteroatoms. The van der Waals surface area contributed by atoms with Crippen LogP contribution in [0.5, 0.6) is 0 Å². The summed E-state index contributed by atoms with van der Waals surface area (Å²) in [5.41, 5.74) is 0.847. The number of hydrogen-bond donors (Lipinski definition) is 1. The molecule has 0 bridgehead atoms. The molecule has 1 aliphatic rings. The highest BCUT2D eigenvalue weighted by Gasteiger charge is 2.23. The Morgan fingerprint density at radius 1 is 1.60 bits per heavy atom. The second kappa shape index (κ2) is 3.84. The molecule has 0 aromatic carbocycles. The van der Waals surface area contributed by atoms with Crippen LogP contribution >= 0.6 is 0 Å². The summed E-state index contributed by atoms with van der Waals surface area (Å²) in [6, 6.07) is 3.15. The molecular weight excluding hydrogens is 194 g/mol. The predicted molar refractivity (Wildman–Crippen MR) is 56.8 cm³/mol. The number of hydrogen-bond acceptors (Lipinski definition) is 4. The lowest BCUT2D eigenvalue weighted by Crippen LogP contribution is -2.08. The van der Waals surface area contributed by atoms with E-state index in [4.69, 9.17) is 0 Å². The Morgan fingerprint density at radius 2 is 2.33 bits per heavy atom. The Bertz CT molecular complexity index is 388. The molecule has 1 N–H and O–H groups in total. The fourth-order valence-electron chi connectivity index (χ4n) is 1.39. The predicted octanol–water partition coefficient (Wildman–Crippen LogP) is 2.12. The van der Waals surface area contributed by atoms with E-state index in [0.717, 1.165) is 12.2 Å². The SMILES string of the molecule is Cc1ccc([N+](=O)[O-])c(NCC2CC2)n1. The summed E-state index contributed by atoms with van der Waals surface area (Å²) in [5.74, 6) is 1.07. The summed E-state index contributed by atoms with van der Waals surface area (Å²) < 4.78 is 0. The zero-order valence-electron chi connectivity index (χ0n) is 8.56. The number of anilines is 1. The van der Waals surface area contributed by atoms with Crippen LogP contribution in [0, 0.1) is 23.0 Å². The Morgan fingerprint density at radius 3 is 2.93 bits per heavy atom. The molecule has 1 aromatic rings. The molecule has 1 fully saturated rings. The topological polar surface area (TPSA) is 68.1 Å². The fraction of sp³-hybridized carbons (Fsp3) is 0.500. The van der Waals surface area contributed by atoms with E-state index in [0.29, 0.717) is 11.7 Å². The summed E-state index contributed by atoms with van der Waals surface area (Å²) in [6.07, 6.45) is 2.43. The van der Waals surface area contributed by atoms with Crippen molar-refractivity contribution in [1.29, 1.82) is 0 Å². The number of nitro groups is 1. The summed E-state index contributed by atoms with van der Waals surface area (Å²) in [5, 5.41) is 13.8. The van der Waals surface area contributed by atoms with Crippen molar-refractivity contribution in [1.82, 2.24) is 4.98 Å². The first kappa shape index (κ1) is 9.89. The molecule has 0 saturated heterocycles. The average molecular weight is 207 g/mol. The highest BCUT2D eigenvalue weighted by Crippen LogP contribution is 2.30. The maximum atomic E-state index is 10.7. The lowest BCUT2D eigenvalue weighted by atomic mass is 10.3. The van der Waals surface area contributed by atoms with Crippen LogP contribution in [0.3, 0.4) is 0 Å². The van der Waals surface area contributed by atoms with E-state index in [1.807, 2.05) is 6.92 Å². The van der Waals surface area contributed by atoms with Gasteiger partial charge in [0.05, 0.1) is 4.92 Å². The monoisotopic (exact) mass is 207 g/mol. The van der Waals surface area contributed by atoms with Crippen LogP contribution in [0.1, 0.15) is 18.5 Å². The number of rotatable bonds is 4. The molecule has 0 radical (unpaired) electrons. The van der Waals surface area contributed by atoms with Gasteiger partial charge in [0.2, 0.25) is 5.82 Å². The van der Waals surface area contributed by atoms with Crippen molar-refractivity contribution >= 4 is 11.5 Å². The van der Waals surface area contributed by atoms with Crippen LogP contribution in [0.4, 0.5) is 11.5 Å². The Kier molecular flexibility index (Phi) is 2.53. The van der Waals surface area contributed by atoms with Crippen molar-refractivity contribution in [3.63, 3.8) is 0 Å². The Labute approximate surface area is 87.7 Å². The average Bonchev–Trinajstić information content (AvgIpc) is 2.97. The molecule has 1 aliphatic carbocycles. The van der Waals surface area contributed by atoms with Crippen molar-refractivity contribution < 1.29 is 4.92 Å². The third kappa shape index (κ3) is 2.43. The molecule has 2 rings (SSSR count). The largest absolute Gasteiger partial charge is 0.364 e. The van der Waals surface area contributed by atoms with Gasteiger partial charge in [-0.2, -0.15) is 0 Å². The van der Waals surface area contributed by atoms with E-state index in [-0.39, 0.29) is 5.69 Å². The minimum Gasteiger partial charge on any atom is -0.364 e. The molecule has 0 spiro atoms. The first-order valence-electron chi connectivity index (χ1n) is 5.02. The smallest absolute Gasteiger partial charge is 0.311 e. The van der Waals surface area contributed by atoms with Crippen LogP contribution in [0.15, 0.2) is 12.1 Å². The number of nitrogens with one attached hydrogen (secondary N) is 1. The molecule has 1 heterocycles. The zero-order chi connectivity index (χ0) is 10.8. The minimum absolute atomic E-state index is 0.0567. The van der Waals surface area contributed by atoms with E-state index in [1.165, 1.54) is 18.9 Å². The molecule has 0 amide bonds. The van der Waals surface area contributed by atoms with Crippen LogP contribution in [-0.4, -0.2) is 16.5 Å². The van der Waals surface area contributed by atoms with Crippen LogP contribution in [0.2, 0.25) is 0 Å². The summed E-state index contributed by atoms with van der Waals surface area (Å²) >= 11 is 0. The normalized spacial score (nSPS) is 15.0. The van der Waals surface area contributed by atoms with Crippen molar-refractivity contribution in [2.24, 2.45) is 5.92 Å². The number of aromatic nitrogens is 1. The molecule has 1 aromatic heterocycles. The highest BCUT2D eigenvalue weighted by atomic mass is 16.6. The van der Waals surface area contributed by atoms with Crippen molar-refractivity contribution in [3.8, 4) is 0 Å². The molecule has 80 valence electrons. The molecular formula is C10H13N3O2. The van der Waals surface area contributed by atoms with E-state index in [9.17, 15) is 10.1 Å². The van der Waals surface area contributed by atoms with Crippen molar-refractivity contribution in [3.05, 3.63) is 27.9 Å². The van der Waals surface area contributed by atoms with Gasteiger partial charge in [-0.15, -0.1) is 0 Å². The second-order valence-corrected chi connectivity index (χ2v) is 3.90. The van der Waals surface area contributed by atoms with Crippen LogP contribution < -0.4 is 5.32 Å². The lowest BCUT2D eigenvalue weighted by molar-refractivity contribution is -0.384. The molecule has 0 unspecified atom stereocenters. The summed E-state index contributed by atoms with van der Waals surface area (Å²) in [7, 11) is 0. The van der Waals surface area contributed by atoms with Crippen molar-refractivity contribution in [2.75, 3.05) is 11.9 Å². The van der Waals surface area contributed by atoms with Gasteiger partial charge in [0.15, 0.2) is 0 Å². The molecule has 15 heavy (non-hydrogen) atoms. The molecule has 0 aliphatic heterocycles. The molecule has 5 nitrogen and oxygen atoms in total. The maximum Gasteiger partial charge on any atom is 0.311 e. The third-order valence-electron chi connectivity index (χ3n) is 2.46. The Hall–Kier alpha value is -1.65. The van der Waals surface area contributed by atoms with Gasteiger partial charge in [0.1, 0.15) is 0 Å². The minimum atomic E-state index is -0.401. The third-order valence-corrected chi connectivity index (χ3v) is 2.46. The number of nitrogens with zero attached hydrogens (tertiary/aromatic N) is 2. The van der Waals surface area contributed by atoms with Crippen LogP contribution in [-0.2, 0) is 0 Å². The van der Waals surface area contributed by atoms with E-state index in [2.05, 4.69) is 10.3 Å². The van der Waals surface area contributed by atoms with E-state index < -0.39 is 4.92 Å². The lowest BCUT2D eigenvalue weighted by Gasteiger charge is -2.05. The number of aryl methyl sites for hydroxylation is 1. The van der Waals surface area contributed by atoms with Gasteiger partial charge in [-0.1, -0.05) is 0 Å². The van der Waals surface area contributed by atoms with E-state index in [1.54, 1.807) is 6.07 Å². The van der Waals surface area contributed by atoms with Gasteiger partial charge < -0.3 is 5.32 Å². The first-order valence-corrected chi connectivity index (χ1v) is 5.02. The number of pyridine rings is 1. The van der Waals surface area contributed by atoms with Gasteiger partial charge in [-0.05, 0) is 31.7 Å². The van der Waals surface area contributed by atoms with Gasteiger partial charge in [-0.25, -0.2) is 4.98 Å². The van der Waals surface area contributed by atoms with E-state index >= 15 is 0 Å². The Balaban J connectivity index is 2.16. The summed E-state index contributed by atoms with van der Waals surface area (Å²) in [6.45, 7) is 2.61.